The molecule has 0 radical (unpaired) electrons. The highest BCUT2D eigenvalue weighted by atomic mass is 32.2. The Kier molecular flexibility index (Phi) is 6.58. The Morgan fingerprint density at radius 3 is 2.77 bits per heavy atom. The summed E-state index contributed by atoms with van der Waals surface area (Å²) in [6.07, 6.45) is 3.15. The number of hydrogen-bond donors (Lipinski definition) is 2. The van der Waals surface area contributed by atoms with E-state index in [-0.39, 0.29) is 6.03 Å². The molecule has 138 valence electrons. The van der Waals surface area contributed by atoms with Gasteiger partial charge in [-0.1, -0.05) is 36.4 Å². The van der Waals surface area contributed by atoms with E-state index in [1.54, 1.807) is 11.8 Å². The van der Waals surface area contributed by atoms with Crippen molar-refractivity contribution >= 4 is 23.5 Å². The summed E-state index contributed by atoms with van der Waals surface area (Å²) in [5.41, 5.74) is 3.61. The Balaban J connectivity index is 1.44. The van der Waals surface area contributed by atoms with E-state index < -0.39 is 0 Å². The van der Waals surface area contributed by atoms with Gasteiger partial charge >= 0.3 is 6.03 Å². The van der Waals surface area contributed by atoms with Crippen LogP contribution in [0.3, 0.4) is 0 Å². The summed E-state index contributed by atoms with van der Waals surface area (Å²) in [5, 5.41) is 5.99. The van der Waals surface area contributed by atoms with Crippen LogP contribution in [0.5, 0.6) is 0 Å². The van der Waals surface area contributed by atoms with E-state index in [1.807, 2.05) is 30.5 Å². The van der Waals surface area contributed by atoms with Gasteiger partial charge in [-0.25, -0.2) is 4.79 Å². The summed E-state index contributed by atoms with van der Waals surface area (Å²) in [7, 11) is 0. The first-order valence-corrected chi connectivity index (χ1v) is 10.3. The van der Waals surface area contributed by atoms with Gasteiger partial charge in [-0.3, -0.25) is 4.90 Å². The summed E-state index contributed by atoms with van der Waals surface area (Å²) in [5.74, 6) is 0.514. The molecule has 1 saturated heterocycles. The van der Waals surface area contributed by atoms with Crippen LogP contribution >= 0.6 is 11.8 Å². The fraction of sp³-hybridized carbons (Fsp3) is 0.381. The Morgan fingerprint density at radius 1 is 1.19 bits per heavy atom. The van der Waals surface area contributed by atoms with Crippen LogP contribution in [0.25, 0.3) is 0 Å². The highest BCUT2D eigenvalue weighted by Crippen LogP contribution is 2.24. The normalized spacial score (nSPS) is 17.2. The molecular weight excluding hydrogens is 342 g/mol. The number of hydrogen-bond acceptors (Lipinski definition) is 3. The van der Waals surface area contributed by atoms with E-state index in [0.29, 0.717) is 5.92 Å². The van der Waals surface area contributed by atoms with E-state index in [1.165, 1.54) is 11.1 Å². The molecule has 0 saturated carbocycles. The van der Waals surface area contributed by atoms with Crippen molar-refractivity contribution in [3.63, 3.8) is 0 Å². The minimum absolute atomic E-state index is 0.121. The third kappa shape index (κ3) is 5.02. The monoisotopic (exact) mass is 369 g/mol. The number of carbonyl (C=O) groups excluding carboxylic acids is 1. The van der Waals surface area contributed by atoms with Crippen molar-refractivity contribution in [3.8, 4) is 0 Å². The maximum absolute atomic E-state index is 12.2. The maximum Gasteiger partial charge on any atom is 0.319 e. The lowest BCUT2D eigenvalue weighted by molar-refractivity contribution is 0.249. The molecule has 2 amide bonds. The zero-order valence-corrected chi connectivity index (χ0v) is 16.3. The molecule has 0 bridgehead atoms. The average molecular weight is 370 g/mol. The van der Waals surface area contributed by atoms with Gasteiger partial charge in [-0.2, -0.15) is 0 Å². The van der Waals surface area contributed by atoms with Crippen LogP contribution in [0.1, 0.15) is 17.5 Å². The molecule has 3 rings (SSSR count). The van der Waals surface area contributed by atoms with Crippen LogP contribution in [-0.4, -0.2) is 36.8 Å². The molecule has 1 heterocycles. The standard InChI is InChI=1S/C21H27N3OS/c1-16-7-3-4-8-18(16)15-24-12-11-17(14-24)13-22-21(25)23-19-9-5-6-10-20(19)26-2/h3-10,17H,11-15H2,1-2H3,(H2,22,23,25)/t17-/m0/s1. The zero-order chi connectivity index (χ0) is 18.4. The first-order valence-electron chi connectivity index (χ1n) is 9.10. The molecule has 5 heteroatoms. The number of nitrogens with one attached hydrogen (secondary N) is 2. The van der Waals surface area contributed by atoms with E-state index >= 15 is 0 Å². The highest BCUT2D eigenvalue weighted by molar-refractivity contribution is 7.98. The molecule has 0 spiro atoms. The number of para-hydroxylation sites is 1. The van der Waals surface area contributed by atoms with Crippen LogP contribution < -0.4 is 10.6 Å². The summed E-state index contributed by atoms with van der Waals surface area (Å²) in [6, 6.07) is 16.3. The van der Waals surface area contributed by atoms with Crippen molar-refractivity contribution in [2.24, 2.45) is 5.92 Å². The van der Waals surface area contributed by atoms with Crippen LogP contribution in [0.2, 0.25) is 0 Å². The van der Waals surface area contributed by atoms with Crippen molar-refractivity contribution in [1.82, 2.24) is 10.2 Å². The minimum Gasteiger partial charge on any atom is -0.338 e. The van der Waals surface area contributed by atoms with Crippen molar-refractivity contribution in [2.45, 2.75) is 24.8 Å². The van der Waals surface area contributed by atoms with E-state index in [4.69, 9.17) is 0 Å². The van der Waals surface area contributed by atoms with Gasteiger partial charge in [0.25, 0.3) is 0 Å². The molecule has 1 aliphatic rings. The molecule has 2 N–H and O–H groups in total. The molecule has 2 aromatic rings. The number of anilines is 1. The Labute approximate surface area is 160 Å². The fourth-order valence-corrected chi connectivity index (χ4v) is 3.96. The third-order valence-electron chi connectivity index (χ3n) is 4.93. The van der Waals surface area contributed by atoms with Crippen LogP contribution in [0.15, 0.2) is 53.4 Å². The molecule has 26 heavy (non-hydrogen) atoms. The second kappa shape index (κ2) is 9.10. The molecule has 0 unspecified atom stereocenters. The van der Waals surface area contributed by atoms with Crippen molar-refractivity contribution in [2.75, 3.05) is 31.2 Å². The summed E-state index contributed by atoms with van der Waals surface area (Å²) >= 11 is 1.63. The third-order valence-corrected chi connectivity index (χ3v) is 5.73. The van der Waals surface area contributed by atoms with Gasteiger partial charge in [0.15, 0.2) is 0 Å². The molecule has 2 aromatic carbocycles. The van der Waals surface area contributed by atoms with Gasteiger partial charge in [-0.15, -0.1) is 11.8 Å². The van der Waals surface area contributed by atoms with E-state index in [0.717, 1.165) is 43.2 Å². The Bertz CT molecular complexity index is 750. The van der Waals surface area contributed by atoms with Gasteiger partial charge in [0.2, 0.25) is 0 Å². The largest absolute Gasteiger partial charge is 0.338 e. The first kappa shape index (κ1) is 18.8. The molecule has 1 atom stereocenters. The van der Waals surface area contributed by atoms with Gasteiger partial charge in [0.1, 0.15) is 0 Å². The number of rotatable bonds is 6. The summed E-state index contributed by atoms with van der Waals surface area (Å²) in [4.78, 5) is 15.8. The van der Waals surface area contributed by atoms with Gasteiger partial charge in [0.05, 0.1) is 5.69 Å². The van der Waals surface area contributed by atoms with Gasteiger partial charge in [-0.05, 0) is 55.3 Å². The Hall–Kier alpha value is -1.98. The van der Waals surface area contributed by atoms with Gasteiger partial charge < -0.3 is 10.6 Å². The van der Waals surface area contributed by atoms with E-state index in [9.17, 15) is 4.79 Å². The van der Waals surface area contributed by atoms with Crippen LogP contribution in [0.4, 0.5) is 10.5 Å². The lowest BCUT2D eigenvalue weighted by Crippen LogP contribution is -2.34. The fourth-order valence-electron chi connectivity index (χ4n) is 3.40. The number of urea groups is 1. The number of thioether (sulfide) groups is 1. The molecule has 1 fully saturated rings. The smallest absolute Gasteiger partial charge is 0.319 e. The van der Waals surface area contributed by atoms with Crippen molar-refractivity contribution in [1.29, 1.82) is 0 Å². The van der Waals surface area contributed by atoms with E-state index in [2.05, 4.69) is 46.7 Å². The number of amides is 2. The Morgan fingerprint density at radius 2 is 1.96 bits per heavy atom. The summed E-state index contributed by atoms with van der Waals surface area (Å²) in [6.45, 7) is 6.02. The number of carbonyl (C=O) groups is 1. The first-order chi connectivity index (χ1) is 12.7. The van der Waals surface area contributed by atoms with Crippen molar-refractivity contribution in [3.05, 3.63) is 59.7 Å². The predicted octanol–water partition coefficient (Wildman–Crippen LogP) is 4.36. The molecule has 4 nitrogen and oxygen atoms in total. The van der Waals surface area contributed by atoms with Crippen LogP contribution in [-0.2, 0) is 6.54 Å². The molecule has 0 aromatic heterocycles. The molecule has 0 aliphatic carbocycles. The lowest BCUT2D eigenvalue weighted by atomic mass is 10.1. The summed E-state index contributed by atoms with van der Waals surface area (Å²) < 4.78 is 0. The number of likely N-dealkylation sites (tertiary alicyclic amines) is 1. The zero-order valence-electron chi connectivity index (χ0n) is 15.5. The minimum atomic E-state index is -0.121. The second-order valence-electron chi connectivity index (χ2n) is 6.85. The predicted molar refractivity (Wildman–Crippen MR) is 110 cm³/mol. The van der Waals surface area contributed by atoms with Crippen LogP contribution in [0, 0.1) is 12.8 Å². The lowest BCUT2D eigenvalue weighted by Gasteiger charge is -2.18. The quantitative estimate of drug-likeness (QED) is 0.744. The maximum atomic E-state index is 12.2. The molecule has 1 aliphatic heterocycles. The number of benzene rings is 2. The molecular formula is C21H27N3OS. The SMILES string of the molecule is CSc1ccccc1NC(=O)NC[C@@H]1CCN(Cc2ccccc2C)C1. The van der Waals surface area contributed by atoms with Gasteiger partial charge in [0, 0.05) is 24.5 Å². The second-order valence-corrected chi connectivity index (χ2v) is 7.70. The topological polar surface area (TPSA) is 44.4 Å². The average Bonchev–Trinajstić information content (AvgIpc) is 3.10. The number of aryl methyl sites for hydroxylation is 1. The number of nitrogens with zero attached hydrogens (tertiary/aromatic N) is 1. The van der Waals surface area contributed by atoms with Crippen molar-refractivity contribution < 1.29 is 4.79 Å². The highest BCUT2D eigenvalue weighted by Gasteiger charge is 2.23.